The minimum absolute atomic E-state index is 0.151. The molecule has 1 fully saturated rings. The van der Waals surface area contributed by atoms with Gasteiger partial charge in [0.2, 0.25) is 0 Å². The van der Waals surface area contributed by atoms with Crippen LogP contribution in [0.15, 0.2) is 72.9 Å². The molecule has 1 saturated heterocycles. The van der Waals surface area contributed by atoms with Gasteiger partial charge in [0, 0.05) is 41.9 Å². The summed E-state index contributed by atoms with van der Waals surface area (Å²) in [5.41, 5.74) is 3.49. The average Bonchev–Trinajstić information content (AvgIpc) is 3.24. The van der Waals surface area contributed by atoms with E-state index in [1.807, 2.05) is 42.5 Å². The predicted octanol–water partition coefficient (Wildman–Crippen LogP) is 4.68. The Kier molecular flexibility index (Phi) is 5.01. The molecule has 1 aromatic heterocycles. The van der Waals surface area contributed by atoms with E-state index in [9.17, 15) is 4.79 Å². The zero-order chi connectivity index (χ0) is 18.5. The molecule has 0 bridgehead atoms. The number of rotatable bonds is 5. The monoisotopic (exact) mass is 358 g/mol. The highest BCUT2D eigenvalue weighted by atomic mass is 16.1. The lowest BCUT2D eigenvalue weighted by atomic mass is 10.2. The van der Waals surface area contributed by atoms with E-state index in [4.69, 9.17) is 0 Å². The molecule has 1 aliphatic rings. The largest absolute Gasteiger partial charge is 0.372 e. The molecule has 3 aromatic rings. The molecule has 2 heterocycles. The van der Waals surface area contributed by atoms with Gasteiger partial charge in [0.15, 0.2) is 0 Å². The summed E-state index contributed by atoms with van der Waals surface area (Å²) in [6.45, 7) is 2.22. The molecule has 1 amide bonds. The summed E-state index contributed by atoms with van der Waals surface area (Å²) in [7, 11) is 0. The Labute approximate surface area is 159 Å². The summed E-state index contributed by atoms with van der Waals surface area (Å²) in [5.74, 6) is 0.487. The van der Waals surface area contributed by atoms with Gasteiger partial charge in [-0.3, -0.25) is 4.79 Å². The smallest absolute Gasteiger partial charge is 0.255 e. The molecule has 27 heavy (non-hydrogen) atoms. The maximum absolute atomic E-state index is 12.6. The molecule has 0 unspecified atom stereocenters. The van der Waals surface area contributed by atoms with Gasteiger partial charge < -0.3 is 15.5 Å². The van der Waals surface area contributed by atoms with Gasteiger partial charge in [-0.2, -0.15) is 0 Å². The van der Waals surface area contributed by atoms with Crippen molar-refractivity contribution in [2.24, 2.45) is 0 Å². The first-order chi connectivity index (χ1) is 13.3. The number of para-hydroxylation sites is 1. The minimum Gasteiger partial charge on any atom is -0.372 e. The van der Waals surface area contributed by atoms with Crippen LogP contribution in [0.3, 0.4) is 0 Å². The molecule has 2 N–H and O–H groups in total. The number of hydrogen-bond acceptors (Lipinski definition) is 4. The lowest BCUT2D eigenvalue weighted by Gasteiger charge is -2.17. The number of anilines is 4. The van der Waals surface area contributed by atoms with E-state index in [2.05, 4.69) is 32.7 Å². The molecular weight excluding hydrogens is 336 g/mol. The number of hydrogen-bond donors (Lipinski definition) is 2. The predicted molar refractivity (Wildman–Crippen MR) is 110 cm³/mol. The number of carbonyl (C=O) groups excluding carboxylic acids is 1. The van der Waals surface area contributed by atoms with Crippen LogP contribution in [0.4, 0.5) is 22.9 Å². The summed E-state index contributed by atoms with van der Waals surface area (Å²) in [4.78, 5) is 19.2. The number of pyridine rings is 1. The van der Waals surface area contributed by atoms with Crippen LogP contribution in [0.25, 0.3) is 0 Å². The number of aromatic nitrogens is 1. The quantitative estimate of drug-likeness (QED) is 0.695. The maximum atomic E-state index is 12.6. The van der Waals surface area contributed by atoms with Crippen molar-refractivity contribution in [3.8, 4) is 0 Å². The molecular formula is C22H22N4O. The van der Waals surface area contributed by atoms with Crippen molar-refractivity contribution in [3.05, 3.63) is 78.5 Å². The summed E-state index contributed by atoms with van der Waals surface area (Å²) >= 11 is 0. The van der Waals surface area contributed by atoms with Crippen LogP contribution in [0.1, 0.15) is 23.2 Å². The van der Waals surface area contributed by atoms with Crippen molar-refractivity contribution in [3.63, 3.8) is 0 Å². The molecule has 4 rings (SSSR count). The minimum atomic E-state index is -0.151. The molecule has 0 aliphatic carbocycles. The molecule has 136 valence electrons. The molecule has 0 spiro atoms. The first-order valence-electron chi connectivity index (χ1n) is 9.22. The van der Waals surface area contributed by atoms with Gasteiger partial charge in [-0.15, -0.1) is 0 Å². The fraction of sp³-hybridized carbons (Fsp3) is 0.182. The Morgan fingerprint density at radius 1 is 0.889 bits per heavy atom. The standard InChI is InChI=1S/C22H22N4O/c27-22(25-19-8-10-20(11-9-19)26-14-4-5-15-26)17-12-13-23-21(16-17)24-18-6-2-1-3-7-18/h1-3,6-13,16H,4-5,14-15H2,(H,23,24)(H,25,27). The highest BCUT2D eigenvalue weighted by Crippen LogP contribution is 2.22. The second kappa shape index (κ2) is 7.91. The van der Waals surface area contributed by atoms with E-state index in [-0.39, 0.29) is 5.91 Å². The lowest BCUT2D eigenvalue weighted by molar-refractivity contribution is 0.102. The van der Waals surface area contributed by atoms with Crippen molar-refractivity contribution >= 4 is 28.8 Å². The van der Waals surface area contributed by atoms with E-state index in [0.717, 1.165) is 24.5 Å². The summed E-state index contributed by atoms with van der Waals surface area (Å²) in [5, 5.41) is 6.16. The number of benzene rings is 2. The summed E-state index contributed by atoms with van der Waals surface area (Å²) in [6.07, 6.45) is 4.14. The van der Waals surface area contributed by atoms with E-state index < -0.39 is 0 Å². The number of carbonyl (C=O) groups is 1. The van der Waals surface area contributed by atoms with Crippen LogP contribution in [0, 0.1) is 0 Å². The first-order valence-corrected chi connectivity index (χ1v) is 9.22. The molecule has 2 aromatic carbocycles. The topological polar surface area (TPSA) is 57.3 Å². The van der Waals surface area contributed by atoms with Gasteiger partial charge in [0.1, 0.15) is 5.82 Å². The van der Waals surface area contributed by atoms with Crippen molar-refractivity contribution in [2.45, 2.75) is 12.8 Å². The molecule has 1 aliphatic heterocycles. The van der Waals surface area contributed by atoms with Crippen molar-refractivity contribution in [1.29, 1.82) is 0 Å². The van der Waals surface area contributed by atoms with Crippen LogP contribution in [-0.4, -0.2) is 24.0 Å². The molecule has 0 atom stereocenters. The van der Waals surface area contributed by atoms with Crippen LogP contribution >= 0.6 is 0 Å². The third-order valence-corrected chi connectivity index (χ3v) is 4.66. The van der Waals surface area contributed by atoms with Crippen LogP contribution in [0.5, 0.6) is 0 Å². The SMILES string of the molecule is O=C(Nc1ccc(N2CCCC2)cc1)c1ccnc(Nc2ccccc2)c1. The number of amides is 1. The van der Waals surface area contributed by atoms with Gasteiger partial charge in [-0.05, 0) is 61.4 Å². The van der Waals surface area contributed by atoms with Gasteiger partial charge in [0.25, 0.3) is 5.91 Å². The zero-order valence-corrected chi connectivity index (χ0v) is 15.1. The average molecular weight is 358 g/mol. The molecule has 0 radical (unpaired) electrons. The van der Waals surface area contributed by atoms with Crippen molar-refractivity contribution < 1.29 is 4.79 Å². The van der Waals surface area contributed by atoms with E-state index in [1.165, 1.54) is 18.5 Å². The van der Waals surface area contributed by atoms with Gasteiger partial charge in [-0.25, -0.2) is 4.98 Å². The summed E-state index contributed by atoms with van der Waals surface area (Å²) in [6, 6.07) is 21.3. The second-order valence-electron chi connectivity index (χ2n) is 6.62. The van der Waals surface area contributed by atoms with E-state index >= 15 is 0 Å². The second-order valence-corrected chi connectivity index (χ2v) is 6.62. The Morgan fingerprint density at radius 3 is 2.37 bits per heavy atom. The Bertz CT molecular complexity index is 903. The third-order valence-electron chi connectivity index (χ3n) is 4.66. The zero-order valence-electron chi connectivity index (χ0n) is 15.1. The fourth-order valence-electron chi connectivity index (χ4n) is 3.24. The van der Waals surface area contributed by atoms with Gasteiger partial charge in [-0.1, -0.05) is 18.2 Å². The van der Waals surface area contributed by atoms with E-state index in [1.54, 1.807) is 18.3 Å². The number of nitrogens with one attached hydrogen (secondary N) is 2. The first kappa shape index (κ1) is 17.1. The summed E-state index contributed by atoms with van der Waals surface area (Å²) < 4.78 is 0. The highest BCUT2D eigenvalue weighted by Gasteiger charge is 2.12. The van der Waals surface area contributed by atoms with Crippen LogP contribution in [-0.2, 0) is 0 Å². The maximum Gasteiger partial charge on any atom is 0.255 e. The van der Waals surface area contributed by atoms with Crippen LogP contribution in [0.2, 0.25) is 0 Å². The third kappa shape index (κ3) is 4.26. The molecule has 0 saturated carbocycles. The van der Waals surface area contributed by atoms with Gasteiger partial charge >= 0.3 is 0 Å². The molecule has 5 heteroatoms. The Morgan fingerprint density at radius 2 is 1.63 bits per heavy atom. The van der Waals surface area contributed by atoms with E-state index in [0.29, 0.717) is 11.4 Å². The van der Waals surface area contributed by atoms with Crippen LogP contribution < -0.4 is 15.5 Å². The molecule has 5 nitrogen and oxygen atoms in total. The fourth-order valence-corrected chi connectivity index (χ4v) is 3.24. The van der Waals surface area contributed by atoms with Crippen molar-refractivity contribution in [1.82, 2.24) is 4.98 Å². The number of nitrogens with zero attached hydrogens (tertiary/aromatic N) is 2. The lowest BCUT2D eigenvalue weighted by Crippen LogP contribution is -2.17. The highest BCUT2D eigenvalue weighted by molar-refractivity contribution is 6.04. The Hall–Kier alpha value is -3.34. The normalized spacial score (nSPS) is 13.4. The van der Waals surface area contributed by atoms with Gasteiger partial charge in [0.05, 0.1) is 0 Å². The van der Waals surface area contributed by atoms with Crippen molar-refractivity contribution in [2.75, 3.05) is 28.6 Å². The Balaban J connectivity index is 1.42.